The average Bonchev–Trinajstić information content (AvgIpc) is 2.62. The number of nitrogens with one attached hydrogen (secondary N) is 1. The van der Waals surface area contributed by atoms with Crippen molar-refractivity contribution < 1.29 is 19.1 Å². The van der Waals surface area contributed by atoms with E-state index in [1.807, 2.05) is 31.2 Å². The van der Waals surface area contributed by atoms with Crippen LogP contribution in [0.4, 0.5) is 0 Å². The third kappa shape index (κ3) is 3.46. The second kappa shape index (κ2) is 7.66. The van der Waals surface area contributed by atoms with Gasteiger partial charge in [0.2, 0.25) is 5.91 Å². The maximum atomic E-state index is 12.7. The van der Waals surface area contributed by atoms with E-state index in [1.165, 1.54) is 4.90 Å². The van der Waals surface area contributed by atoms with E-state index in [-0.39, 0.29) is 36.7 Å². The molecule has 1 aliphatic rings. The summed E-state index contributed by atoms with van der Waals surface area (Å²) in [6.45, 7) is 2.51. The first-order valence-corrected chi connectivity index (χ1v) is 8.69. The van der Waals surface area contributed by atoms with Gasteiger partial charge in [0, 0.05) is 42.6 Å². The largest absolute Gasteiger partial charge is 0.383 e. The molecule has 6 nitrogen and oxygen atoms in total. The van der Waals surface area contributed by atoms with Crippen LogP contribution in [0.3, 0.4) is 0 Å². The number of methoxy groups -OCH3 is 1. The normalized spacial score (nSPS) is 14.6. The lowest BCUT2D eigenvalue weighted by molar-refractivity contribution is -0.122. The summed E-state index contributed by atoms with van der Waals surface area (Å²) < 4.78 is 4.98. The predicted molar refractivity (Wildman–Crippen MR) is 98.0 cm³/mol. The van der Waals surface area contributed by atoms with Crippen molar-refractivity contribution in [1.29, 1.82) is 0 Å². The molecule has 26 heavy (non-hydrogen) atoms. The molecule has 136 valence electrons. The van der Waals surface area contributed by atoms with Gasteiger partial charge >= 0.3 is 0 Å². The molecule has 0 aliphatic carbocycles. The number of benzene rings is 2. The number of hydrogen-bond donors (Lipinski definition) is 1. The van der Waals surface area contributed by atoms with Crippen LogP contribution in [-0.4, -0.2) is 48.9 Å². The molecule has 3 amide bonds. The first-order chi connectivity index (χ1) is 12.5. The standard InChI is InChI=1S/C20H22N2O4/c1-13(12-26-2)21-17(23)10-5-11-22-19(24)15-8-3-6-14-7-4-9-16(18(14)15)20(22)25/h3-4,6-9,13H,5,10-12H2,1-2H3,(H,21,23). The fourth-order valence-corrected chi connectivity index (χ4v) is 3.32. The third-order valence-corrected chi connectivity index (χ3v) is 4.47. The Labute approximate surface area is 152 Å². The quantitative estimate of drug-likeness (QED) is 0.775. The van der Waals surface area contributed by atoms with E-state index in [0.717, 1.165) is 5.39 Å². The molecular formula is C20H22N2O4. The van der Waals surface area contributed by atoms with Crippen LogP contribution in [0.5, 0.6) is 0 Å². The first kappa shape index (κ1) is 18.1. The number of ether oxygens (including phenoxy) is 1. The van der Waals surface area contributed by atoms with Gasteiger partial charge < -0.3 is 10.1 Å². The van der Waals surface area contributed by atoms with Crippen molar-refractivity contribution in [3.05, 3.63) is 47.5 Å². The summed E-state index contributed by atoms with van der Waals surface area (Å²) in [4.78, 5) is 38.6. The van der Waals surface area contributed by atoms with Crippen LogP contribution in [0.25, 0.3) is 10.8 Å². The molecule has 0 saturated heterocycles. The van der Waals surface area contributed by atoms with Crippen LogP contribution in [0.15, 0.2) is 36.4 Å². The van der Waals surface area contributed by atoms with Crippen LogP contribution in [-0.2, 0) is 9.53 Å². The van der Waals surface area contributed by atoms with Crippen molar-refractivity contribution in [2.24, 2.45) is 0 Å². The fourth-order valence-electron chi connectivity index (χ4n) is 3.32. The molecule has 0 saturated carbocycles. The van der Waals surface area contributed by atoms with E-state index in [2.05, 4.69) is 5.32 Å². The fraction of sp³-hybridized carbons (Fsp3) is 0.350. The zero-order valence-corrected chi connectivity index (χ0v) is 15.0. The number of carbonyl (C=O) groups is 3. The zero-order chi connectivity index (χ0) is 18.7. The van der Waals surface area contributed by atoms with Crippen molar-refractivity contribution >= 4 is 28.5 Å². The Kier molecular flexibility index (Phi) is 5.32. The van der Waals surface area contributed by atoms with Crippen LogP contribution >= 0.6 is 0 Å². The predicted octanol–water partition coefficient (Wildman–Crippen LogP) is 2.37. The van der Waals surface area contributed by atoms with Gasteiger partial charge in [-0.15, -0.1) is 0 Å². The summed E-state index contributed by atoms with van der Waals surface area (Å²) in [6, 6.07) is 10.8. The summed E-state index contributed by atoms with van der Waals surface area (Å²) >= 11 is 0. The summed E-state index contributed by atoms with van der Waals surface area (Å²) in [7, 11) is 1.58. The molecule has 0 radical (unpaired) electrons. The molecular weight excluding hydrogens is 332 g/mol. The molecule has 1 atom stereocenters. The molecule has 1 heterocycles. The van der Waals surface area contributed by atoms with Gasteiger partial charge in [0.15, 0.2) is 0 Å². The third-order valence-electron chi connectivity index (χ3n) is 4.47. The lowest BCUT2D eigenvalue weighted by atomic mass is 9.94. The maximum Gasteiger partial charge on any atom is 0.261 e. The number of rotatable bonds is 7. The van der Waals surface area contributed by atoms with Crippen LogP contribution in [0, 0.1) is 0 Å². The average molecular weight is 354 g/mol. The molecule has 0 spiro atoms. The molecule has 6 heteroatoms. The summed E-state index contributed by atoms with van der Waals surface area (Å²) in [5.74, 6) is -0.714. The number of nitrogens with zero attached hydrogens (tertiary/aromatic N) is 1. The molecule has 0 bridgehead atoms. The van der Waals surface area contributed by atoms with E-state index < -0.39 is 0 Å². The van der Waals surface area contributed by atoms with E-state index in [1.54, 1.807) is 19.2 Å². The van der Waals surface area contributed by atoms with Crippen LogP contribution in [0.1, 0.15) is 40.5 Å². The van der Waals surface area contributed by atoms with Crippen molar-refractivity contribution in [3.63, 3.8) is 0 Å². The summed E-state index contributed by atoms with van der Waals surface area (Å²) in [6.07, 6.45) is 0.665. The van der Waals surface area contributed by atoms with Gasteiger partial charge in [0.1, 0.15) is 0 Å². The molecule has 0 fully saturated rings. The minimum atomic E-state index is -0.299. The van der Waals surface area contributed by atoms with Crippen molar-refractivity contribution in [3.8, 4) is 0 Å². The van der Waals surface area contributed by atoms with Gasteiger partial charge in [-0.3, -0.25) is 19.3 Å². The molecule has 3 rings (SSSR count). The minimum Gasteiger partial charge on any atom is -0.383 e. The molecule has 0 aromatic heterocycles. The number of imide groups is 1. The Morgan fingerprint density at radius 2 is 1.73 bits per heavy atom. The maximum absolute atomic E-state index is 12.7. The van der Waals surface area contributed by atoms with E-state index in [0.29, 0.717) is 29.5 Å². The lowest BCUT2D eigenvalue weighted by Crippen LogP contribution is -2.41. The molecule has 1 N–H and O–H groups in total. The topological polar surface area (TPSA) is 75.7 Å². The Bertz CT molecular complexity index is 811. The molecule has 1 unspecified atom stereocenters. The van der Waals surface area contributed by atoms with Crippen LogP contribution in [0.2, 0.25) is 0 Å². The lowest BCUT2D eigenvalue weighted by Gasteiger charge is -2.27. The van der Waals surface area contributed by atoms with Crippen molar-refractivity contribution in [2.45, 2.75) is 25.8 Å². The second-order valence-corrected chi connectivity index (χ2v) is 6.50. The summed E-state index contributed by atoms with van der Waals surface area (Å²) in [5, 5.41) is 4.42. The van der Waals surface area contributed by atoms with Gasteiger partial charge in [-0.25, -0.2) is 0 Å². The second-order valence-electron chi connectivity index (χ2n) is 6.50. The number of amides is 3. The first-order valence-electron chi connectivity index (χ1n) is 8.69. The highest BCUT2D eigenvalue weighted by atomic mass is 16.5. The summed E-state index contributed by atoms with van der Waals surface area (Å²) in [5.41, 5.74) is 1.08. The Morgan fingerprint density at radius 1 is 1.12 bits per heavy atom. The number of hydrogen-bond acceptors (Lipinski definition) is 4. The monoisotopic (exact) mass is 354 g/mol. The minimum absolute atomic E-state index is 0.0739. The SMILES string of the molecule is COCC(C)NC(=O)CCCN1C(=O)c2cccc3cccc(c23)C1=O. The molecule has 2 aromatic rings. The van der Waals surface area contributed by atoms with Gasteiger partial charge in [-0.2, -0.15) is 0 Å². The van der Waals surface area contributed by atoms with E-state index >= 15 is 0 Å². The molecule has 2 aromatic carbocycles. The Balaban J connectivity index is 1.68. The number of carbonyl (C=O) groups excluding carboxylic acids is 3. The zero-order valence-electron chi connectivity index (χ0n) is 15.0. The Morgan fingerprint density at radius 3 is 2.31 bits per heavy atom. The van der Waals surface area contributed by atoms with Gasteiger partial charge in [-0.1, -0.05) is 24.3 Å². The highest BCUT2D eigenvalue weighted by Gasteiger charge is 2.32. The highest BCUT2D eigenvalue weighted by Crippen LogP contribution is 2.29. The van der Waals surface area contributed by atoms with Gasteiger partial charge in [-0.05, 0) is 30.9 Å². The smallest absolute Gasteiger partial charge is 0.261 e. The van der Waals surface area contributed by atoms with Crippen molar-refractivity contribution in [2.75, 3.05) is 20.3 Å². The van der Waals surface area contributed by atoms with E-state index in [4.69, 9.17) is 4.74 Å². The van der Waals surface area contributed by atoms with Gasteiger partial charge in [0.05, 0.1) is 6.61 Å². The Hall–Kier alpha value is -2.73. The van der Waals surface area contributed by atoms with Crippen molar-refractivity contribution in [1.82, 2.24) is 10.2 Å². The molecule has 1 aliphatic heterocycles. The van der Waals surface area contributed by atoms with Crippen LogP contribution < -0.4 is 5.32 Å². The van der Waals surface area contributed by atoms with E-state index in [9.17, 15) is 14.4 Å². The van der Waals surface area contributed by atoms with Gasteiger partial charge in [0.25, 0.3) is 11.8 Å². The highest BCUT2D eigenvalue weighted by molar-refractivity contribution is 6.25.